The largest absolute Gasteiger partial charge is 0.387 e. The van der Waals surface area contributed by atoms with Gasteiger partial charge in [-0.25, -0.2) is 0 Å². The van der Waals surface area contributed by atoms with Crippen molar-refractivity contribution < 1.29 is 4.79 Å². The maximum Gasteiger partial charge on any atom is 0.253 e. The van der Waals surface area contributed by atoms with Gasteiger partial charge < -0.3 is 10.6 Å². The molecule has 0 saturated carbocycles. The van der Waals surface area contributed by atoms with Gasteiger partial charge in [0, 0.05) is 17.8 Å². The van der Waals surface area contributed by atoms with E-state index < -0.39 is 0 Å². The van der Waals surface area contributed by atoms with Crippen LogP contribution in [0.3, 0.4) is 0 Å². The zero-order chi connectivity index (χ0) is 14.5. The molecule has 2 aromatic rings. The molecule has 0 aromatic heterocycles. The molecule has 2 N–H and O–H groups in total. The lowest BCUT2D eigenvalue weighted by Gasteiger charge is -2.17. The molecule has 3 nitrogen and oxygen atoms in total. The van der Waals surface area contributed by atoms with Crippen LogP contribution in [0.5, 0.6) is 0 Å². The minimum atomic E-state index is -0.152. The average Bonchev–Trinajstić information content (AvgIpc) is 2.47. The zero-order valence-electron chi connectivity index (χ0n) is 11.5. The highest BCUT2D eigenvalue weighted by atomic mass is 35.5. The minimum Gasteiger partial charge on any atom is -0.387 e. The van der Waals surface area contributed by atoms with E-state index in [4.69, 9.17) is 11.6 Å². The molecule has 0 aliphatic heterocycles. The Morgan fingerprint density at radius 3 is 2.45 bits per heavy atom. The van der Waals surface area contributed by atoms with Crippen molar-refractivity contribution >= 4 is 23.2 Å². The standard InChI is InChI=1S/C16H17ClN2O/c1-11(12-7-3-5-9-14(12)17)19-16(20)13-8-4-6-10-15(13)18-2/h3-11,18H,1-2H3,(H,19,20). The summed E-state index contributed by atoms with van der Waals surface area (Å²) >= 11 is 6.14. The summed E-state index contributed by atoms with van der Waals surface area (Å²) in [6.07, 6.45) is 0. The van der Waals surface area contributed by atoms with Crippen LogP contribution in [0.2, 0.25) is 5.02 Å². The van der Waals surface area contributed by atoms with E-state index in [-0.39, 0.29) is 11.9 Å². The third-order valence-corrected chi connectivity index (χ3v) is 3.50. The monoisotopic (exact) mass is 288 g/mol. The molecule has 1 atom stereocenters. The van der Waals surface area contributed by atoms with Gasteiger partial charge in [-0.1, -0.05) is 41.9 Å². The lowest BCUT2D eigenvalue weighted by Crippen LogP contribution is -2.27. The van der Waals surface area contributed by atoms with Crippen LogP contribution < -0.4 is 10.6 Å². The Balaban J connectivity index is 2.18. The van der Waals surface area contributed by atoms with Crippen LogP contribution in [0.4, 0.5) is 5.69 Å². The number of halogens is 1. The number of benzene rings is 2. The molecular weight excluding hydrogens is 272 g/mol. The molecule has 0 aliphatic carbocycles. The smallest absolute Gasteiger partial charge is 0.253 e. The quantitative estimate of drug-likeness (QED) is 0.896. The lowest BCUT2D eigenvalue weighted by atomic mass is 10.1. The summed E-state index contributed by atoms with van der Waals surface area (Å²) < 4.78 is 0. The summed E-state index contributed by atoms with van der Waals surface area (Å²) in [7, 11) is 1.80. The first-order chi connectivity index (χ1) is 9.63. The van der Waals surface area contributed by atoms with Gasteiger partial charge in [0.25, 0.3) is 5.91 Å². The van der Waals surface area contributed by atoms with E-state index in [0.29, 0.717) is 10.6 Å². The highest BCUT2D eigenvalue weighted by molar-refractivity contribution is 6.31. The molecule has 2 rings (SSSR count). The van der Waals surface area contributed by atoms with Gasteiger partial charge in [-0.3, -0.25) is 4.79 Å². The molecule has 0 spiro atoms. The van der Waals surface area contributed by atoms with Crippen molar-refractivity contribution in [3.8, 4) is 0 Å². The molecule has 0 aliphatic rings. The van der Waals surface area contributed by atoms with E-state index >= 15 is 0 Å². The van der Waals surface area contributed by atoms with E-state index in [1.54, 1.807) is 13.1 Å². The second-order valence-electron chi connectivity index (χ2n) is 4.51. The lowest BCUT2D eigenvalue weighted by molar-refractivity contribution is 0.0940. The van der Waals surface area contributed by atoms with Crippen molar-refractivity contribution in [2.45, 2.75) is 13.0 Å². The molecule has 0 bridgehead atoms. The van der Waals surface area contributed by atoms with Crippen LogP contribution in [-0.2, 0) is 0 Å². The number of rotatable bonds is 4. The summed E-state index contributed by atoms with van der Waals surface area (Å²) in [5.41, 5.74) is 2.33. The molecule has 1 amide bonds. The number of amides is 1. The molecule has 20 heavy (non-hydrogen) atoms. The summed E-state index contributed by atoms with van der Waals surface area (Å²) in [4.78, 5) is 12.3. The Labute approximate surface area is 124 Å². The molecule has 104 valence electrons. The van der Waals surface area contributed by atoms with E-state index in [1.165, 1.54) is 0 Å². The number of hydrogen-bond donors (Lipinski definition) is 2. The van der Waals surface area contributed by atoms with Crippen LogP contribution in [0, 0.1) is 0 Å². The Kier molecular flexibility index (Phi) is 4.64. The molecule has 1 unspecified atom stereocenters. The summed E-state index contributed by atoms with van der Waals surface area (Å²) in [5.74, 6) is -0.123. The van der Waals surface area contributed by atoms with E-state index in [0.717, 1.165) is 11.3 Å². The summed E-state index contributed by atoms with van der Waals surface area (Å²) in [6.45, 7) is 1.92. The fourth-order valence-corrected chi connectivity index (χ4v) is 2.38. The molecule has 0 radical (unpaired) electrons. The predicted octanol–water partition coefficient (Wildman–Crippen LogP) is 3.87. The highest BCUT2D eigenvalue weighted by Crippen LogP contribution is 2.23. The molecule has 0 fully saturated rings. The summed E-state index contributed by atoms with van der Waals surface area (Å²) in [5, 5.41) is 6.63. The van der Waals surface area contributed by atoms with Crippen molar-refractivity contribution in [3.63, 3.8) is 0 Å². The number of hydrogen-bond acceptors (Lipinski definition) is 2. The third kappa shape index (κ3) is 3.11. The number of carbonyl (C=O) groups is 1. The highest BCUT2D eigenvalue weighted by Gasteiger charge is 2.15. The molecule has 4 heteroatoms. The van der Waals surface area contributed by atoms with Crippen LogP contribution in [-0.4, -0.2) is 13.0 Å². The van der Waals surface area contributed by atoms with Gasteiger partial charge in [0.05, 0.1) is 11.6 Å². The normalized spacial score (nSPS) is 11.8. The van der Waals surface area contributed by atoms with Crippen molar-refractivity contribution in [1.82, 2.24) is 5.32 Å². The zero-order valence-corrected chi connectivity index (χ0v) is 12.2. The Morgan fingerprint density at radius 1 is 1.10 bits per heavy atom. The van der Waals surface area contributed by atoms with Gasteiger partial charge in [0.15, 0.2) is 0 Å². The predicted molar refractivity (Wildman–Crippen MR) is 83.3 cm³/mol. The number of carbonyl (C=O) groups excluding carboxylic acids is 1. The maximum absolute atomic E-state index is 12.3. The first-order valence-corrected chi connectivity index (χ1v) is 6.83. The Morgan fingerprint density at radius 2 is 1.75 bits per heavy atom. The second kappa shape index (κ2) is 6.44. The topological polar surface area (TPSA) is 41.1 Å². The molecule has 2 aromatic carbocycles. The van der Waals surface area contributed by atoms with Gasteiger partial charge in [-0.2, -0.15) is 0 Å². The number of para-hydroxylation sites is 1. The number of anilines is 1. The average molecular weight is 289 g/mol. The second-order valence-corrected chi connectivity index (χ2v) is 4.92. The van der Waals surface area contributed by atoms with E-state index in [9.17, 15) is 4.79 Å². The van der Waals surface area contributed by atoms with Crippen LogP contribution in [0.1, 0.15) is 28.9 Å². The molecular formula is C16H17ClN2O. The van der Waals surface area contributed by atoms with Gasteiger partial charge in [0.1, 0.15) is 0 Å². The van der Waals surface area contributed by atoms with Crippen molar-refractivity contribution in [1.29, 1.82) is 0 Å². The molecule has 0 saturated heterocycles. The first kappa shape index (κ1) is 14.4. The first-order valence-electron chi connectivity index (χ1n) is 6.45. The van der Waals surface area contributed by atoms with Gasteiger partial charge >= 0.3 is 0 Å². The van der Waals surface area contributed by atoms with E-state index in [2.05, 4.69) is 10.6 Å². The van der Waals surface area contributed by atoms with Crippen molar-refractivity contribution in [2.75, 3.05) is 12.4 Å². The summed E-state index contributed by atoms with van der Waals surface area (Å²) in [6, 6.07) is 14.8. The Hall–Kier alpha value is -2.00. The van der Waals surface area contributed by atoms with Gasteiger partial charge in [-0.05, 0) is 30.7 Å². The van der Waals surface area contributed by atoms with Crippen LogP contribution in [0.15, 0.2) is 48.5 Å². The SMILES string of the molecule is CNc1ccccc1C(=O)NC(C)c1ccccc1Cl. The van der Waals surface area contributed by atoms with Crippen LogP contribution in [0.25, 0.3) is 0 Å². The fourth-order valence-electron chi connectivity index (χ4n) is 2.08. The Bertz CT molecular complexity index is 613. The maximum atomic E-state index is 12.3. The van der Waals surface area contributed by atoms with Crippen molar-refractivity contribution in [3.05, 3.63) is 64.7 Å². The molecule has 0 heterocycles. The fraction of sp³-hybridized carbons (Fsp3) is 0.188. The van der Waals surface area contributed by atoms with Crippen LogP contribution >= 0.6 is 11.6 Å². The number of nitrogens with one attached hydrogen (secondary N) is 2. The van der Waals surface area contributed by atoms with Gasteiger partial charge in [-0.15, -0.1) is 0 Å². The third-order valence-electron chi connectivity index (χ3n) is 3.16. The van der Waals surface area contributed by atoms with E-state index in [1.807, 2.05) is 49.4 Å². The minimum absolute atomic E-state index is 0.123. The van der Waals surface area contributed by atoms with Crippen molar-refractivity contribution in [2.24, 2.45) is 0 Å². The van der Waals surface area contributed by atoms with Gasteiger partial charge in [0.2, 0.25) is 0 Å².